The fourth-order valence-corrected chi connectivity index (χ4v) is 1.91. The van der Waals surface area contributed by atoms with Crippen LogP contribution in [0.3, 0.4) is 0 Å². The van der Waals surface area contributed by atoms with Gasteiger partial charge >= 0.3 is 0 Å². The third-order valence-corrected chi connectivity index (χ3v) is 2.73. The quantitative estimate of drug-likeness (QED) is 0.817. The molecular formula is C14H14N2O3. The van der Waals surface area contributed by atoms with Crippen LogP contribution in [0.2, 0.25) is 0 Å². The molecule has 0 unspecified atom stereocenters. The second kappa shape index (κ2) is 5.49. The van der Waals surface area contributed by atoms with E-state index >= 15 is 0 Å². The summed E-state index contributed by atoms with van der Waals surface area (Å²) in [6.07, 6.45) is 0. The number of nitrogens with one attached hydrogen (secondary N) is 1. The predicted octanol–water partition coefficient (Wildman–Crippen LogP) is 1.62. The van der Waals surface area contributed by atoms with Gasteiger partial charge in [-0.3, -0.25) is 14.4 Å². The molecular weight excluding hydrogens is 244 g/mol. The highest BCUT2D eigenvalue weighted by Gasteiger charge is 2.18. The smallest absolute Gasteiger partial charge is 0.276 e. The summed E-state index contributed by atoms with van der Waals surface area (Å²) in [6, 6.07) is 10.6. The molecule has 2 rings (SSSR count). The highest BCUT2D eigenvalue weighted by atomic mass is 16.6. The number of carbonyl (C=O) groups excluding carboxylic acids is 2. The number of amides is 2. The Morgan fingerprint density at radius 3 is 2.63 bits per heavy atom. The van der Waals surface area contributed by atoms with E-state index in [1.165, 1.54) is 0 Å². The van der Waals surface area contributed by atoms with Crippen molar-refractivity contribution in [2.45, 2.75) is 6.92 Å². The van der Waals surface area contributed by atoms with E-state index in [1.807, 2.05) is 12.1 Å². The van der Waals surface area contributed by atoms with Crippen LogP contribution >= 0.6 is 0 Å². The highest BCUT2D eigenvalue weighted by Crippen LogP contribution is 2.22. The first-order valence-electron chi connectivity index (χ1n) is 5.88. The maximum absolute atomic E-state index is 12.1. The minimum Gasteiger partial charge on any atom is -0.366 e. The number of rotatable bonds is 4. The van der Waals surface area contributed by atoms with Crippen LogP contribution in [0.25, 0.3) is 10.8 Å². The van der Waals surface area contributed by atoms with Gasteiger partial charge in [-0.25, -0.2) is 5.48 Å². The summed E-state index contributed by atoms with van der Waals surface area (Å²) in [4.78, 5) is 28.4. The number of hydroxylamine groups is 1. The van der Waals surface area contributed by atoms with Gasteiger partial charge in [0.15, 0.2) is 0 Å². The van der Waals surface area contributed by atoms with Crippen LogP contribution in [-0.4, -0.2) is 18.4 Å². The van der Waals surface area contributed by atoms with Crippen molar-refractivity contribution in [3.05, 3.63) is 47.5 Å². The second-order valence-corrected chi connectivity index (χ2v) is 3.94. The number of nitrogens with two attached hydrogens (primary N) is 1. The average Bonchev–Trinajstić information content (AvgIpc) is 2.43. The third kappa shape index (κ3) is 2.56. The highest BCUT2D eigenvalue weighted by molar-refractivity contribution is 6.15. The Bertz CT molecular complexity index is 638. The van der Waals surface area contributed by atoms with Gasteiger partial charge in [0.2, 0.25) is 5.91 Å². The molecule has 5 heteroatoms. The van der Waals surface area contributed by atoms with Crippen LogP contribution in [0.15, 0.2) is 36.4 Å². The first kappa shape index (κ1) is 13.0. The maximum atomic E-state index is 12.1. The summed E-state index contributed by atoms with van der Waals surface area (Å²) in [7, 11) is 0. The van der Waals surface area contributed by atoms with E-state index in [9.17, 15) is 9.59 Å². The molecule has 0 aliphatic rings. The minimum absolute atomic E-state index is 0.177. The van der Waals surface area contributed by atoms with E-state index in [1.54, 1.807) is 31.2 Å². The van der Waals surface area contributed by atoms with Gasteiger partial charge in [-0.1, -0.05) is 30.3 Å². The molecule has 0 fully saturated rings. The van der Waals surface area contributed by atoms with Crippen molar-refractivity contribution in [2.75, 3.05) is 6.61 Å². The number of carbonyl (C=O) groups is 2. The molecule has 2 aromatic rings. The normalized spacial score (nSPS) is 10.4. The molecule has 0 atom stereocenters. The van der Waals surface area contributed by atoms with Gasteiger partial charge in [0, 0.05) is 0 Å². The summed E-state index contributed by atoms with van der Waals surface area (Å²) in [6.45, 7) is 2.08. The molecule has 0 radical (unpaired) electrons. The average molecular weight is 258 g/mol. The van der Waals surface area contributed by atoms with Crippen LogP contribution in [0, 0.1) is 0 Å². The van der Waals surface area contributed by atoms with Crippen molar-refractivity contribution in [3.63, 3.8) is 0 Å². The Kier molecular flexibility index (Phi) is 3.77. The molecule has 0 aromatic heterocycles. The van der Waals surface area contributed by atoms with E-state index in [0.29, 0.717) is 12.0 Å². The number of benzene rings is 2. The first-order valence-corrected chi connectivity index (χ1v) is 5.88. The zero-order chi connectivity index (χ0) is 13.8. The lowest BCUT2D eigenvalue weighted by molar-refractivity contribution is 0.0365. The molecule has 5 nitrogen and oxygen atoms in total. The Morgan fingerprint density at radius 1 is 1.21 bits per heavy atom. The summed E-state index contributed by atoms with van der Waals surface area (Å²) >= 11 is 0. The molecule has 2 amide bonds. The molecule has 2 aromatic carbocycles. The number of hydrogen-bond donors (Lipinski definition) is 2. The first-order chi connectivity index (χ1) is 9.15. The fourth-order valence-electron chi connectivity index (χ4n) is 1.91. The van der Waals surface area contributed by atoms with Gasteiger partial charge in [-0.15, -0.1) is 0 Å². The molecule has 19 heavy (non-hydrogen) atoms. The van der Waals surface area contributed by atoms with Crippen molar-refractivity contribution < 1.29 is 14.4 Å². The largest absolute Gasteiger partial charge is 0.366 e. The van der Waals surface area contributed by atoms with Gasteiger partial charge in [-0.05, 0) is 23.8 Å². The Labute approximate surface area is 110 Å². The van der Waals surface area contributed by atoms with E-state index in [-0.39, 0.29) is 11.1 Å². The van der Waals surface area contributed by atoms with Gasteiger partial charge in [-0.2, -0.15) is 0 Å². The second-order valence-electron chi connectivity index (χ2n) is 3.94. The van der Waals surface area contributed by atoms with Crippen LogP contribution in [-0.2, 0) is 4.84 Å². The minimum atomic E-state index is -0.646. The SMILES string of the molecule is CCONC(=O)c1c(C(N)=O)ccc2ccccc12. The molecule has 0 saturated carbocycles. The van der Waals surface area contributed by atoms with Gasteiger partial charge in [0.05, 0.1) is 17.7 Å². The molecule has 0 aliphatic carbocycles. The molecule has 0 heterocycles. The standard InChI is InChI=1S/C14H14N2O3/c1-2-19-16-14(18)12-10-6-4-3-5-9(10)7-8-11(12)13(15)17/h3-8H,2H2,1H3,(H2,15,17)(H,16,18). The Morgan fingerprint density at radius 2 is 1.95 bits per heavy atom. The topological polar surface area (TPSA) is 81.4 Å². The molecule has 98 valence electrons. The summed E-state index contributed by atoms with van der Waals surface area (Å²) in [5, 5.41) is 1.52. The van der Waals surface area contributed by atoms with Crippen molar-refractivity contribution in [1.82, 2.24) is 5.48 Å². The van der Waals surface area contributed by atoms with Gasteiger partial charge in [0.1, 0.15) is 0 Å². The lowest BCUT2D eigenvalue weighted by Crippen LogP contribution is -2.27. The van der Waals surface area contributed by atoms with E-state index in [2.05, 4.69) is 5.48 Å². The monoisotopic (exact) mass is 258 g/mol. The van der Waals surface area contributed by atoms with Crippen LogP contribution in [0.5, 0.6) is 0 Å². The van der Waals surface area contributed by atoms with E-state index < -0.39 is 11.8 Å². The van der Waals surface area contributed by atoms with E-state index in [0.717, 1.165) is 5.39 Å². The molecule has 0 bridgehead atoms. The summed E-state index contributed by atoms with van der Waals surface area (Å²) in [5.74, 6) is -1.13. The van der Waals surface area contributed by atoms with Crippen molar-refractivity contribution in [1.29, 1.82) is 0 Å². The maximum Gasteiger partial charge on any atom is 0.276 e. The fraction of sp³-hybridized carbons (Fsp3) is 0.143. The van der Waals surface area contributed by atoms with E-state index in [4.69, 9.17) is 10.6 Å². The zero-order valence-corrected chi connectivity index (χ0v) is 10.5. The number of primary amides is 1. The van der Waals surface area contributed by atoms with Crippen molar-refractivity contribution >= 4 is 22.6 Å². The van der Waals surface area contributed by atoms with Crippen LogP contribution in [0.1, 0.15) is 27.6 Å². The molecule has 0 spiro atoms. The Balaban J connectivity index is 2.62. The van der Waals surface area contributed by atoms with Crippen molar-refractivity contribution in [3.8, 4) is 0 Å². The van der Waals surface area contributed by atoms with Crippen LogP contribution < -0.4 is 11.2 Å². The van der Waals surface area contributed by atoms with Crippen LogP contribution in [0.4, 0.5) is 0 Å². The molecule has 3 N–H and O–H groups in total. The summed E-state index contributed by atoms with van der Waals surface area (Å²) < 4.78 is 0. The molecule has 0 aliphatic heterocycles. The number of fused-ring (bicyclic) bond motifs is 1. The lowest BCUT2D eigenvalue weighted by atomic mass is 9.98. The van der Waals surface area contributed by atoms with Gasteiger partial charge < -0.3 is 5.73 Å². The lowest BCUT2D eigenvalue weighted by Gasteiger charge is -2.10. The summed E-state index contributed by atoms with van der Waals surface area (Å²) in [5.41, 5.74) is 8.01. The zero-order valence-electron chi connectivity index (χ0n) is 10.5. The van der Waals surface area contributed by atoms with Crippen molar-refractivity contribution in [2.24, 2.45) is 5.73 Å². The number of hydrogen-bond acceptors (Lipinski definition) is 3. The molecule has 0 saturated heterocycles. The Hall–Kier alpha value is -2.40. The predicted molar refractivity (Wildman–Crippen MR) is 71.6 cm³/mol. The third-order valence-electron chi connectivity index (χ3n) is 2.73. The van der Waals surface area contributed by atoms with Gasteiger partial charge in [0.25, 0.3) is 5.91 Å².